The van der Waals surface area contributed by atoms with Crippen LogP contribution in [0.1, 0.15) is 5.56 Å². The molecule has 1 aromatic heterocycles. The average Bonchev–Trinajstić information content (AvgIpc) is 3.28. The minimum atomic E-state index is -0.246. The van der Waals surface area contributed by atoms with E-state index in [-0.39, 0.29) is 12.5 Å². The molecule has 0 atom stereocenters. The van der Waals surface area contributed by atoms with Gasteiger partial charge in [-0.15, -0.1) is 0 Å². The smallest absolute Gasteiger partial charge is 0.258 e. The molecule has 1 N–H and O–H groups in total. The summed E-state index contributed by atoms with van der Waals surface area (Å²) >= 11 is 6.09. The van der Waals surface area contributed by atoms with Crippen molar-refractivity contribution >= 4 is 17.5 Å². The van der Waals surface area contributed by atoms with Crippen molar-refractivity contribution in [2.45, 2.75) is 6.54 Å². The fraction of sp³-hybridized carbons (Fsp3) is 0.0870. The fourth-order valence-corrected chi connectivity index (χ4v) is 3.00. The summed E-state index contributed by atoms with van der Waals surface area (Å²) < 4.78 is 11.0. The molecule has 0 bridgehead atoms. The Labute approximate surface area is 178 Å². The standard InChI is InChI=1S/C23H18ClN3O3/c24-20-12-5-4-9-18(20)14-25-21(28)15-29-19-11-6-10-17(13-19)23-26-22(27-30-23)16-7-2-1-3-8-16/h1-13H,14-15H2,(H,25,28). The van der Waals surface area contributed by atoms with Crippen molar-refractivity contribution < 1.29 is 14.1 Å². The topological polar surface area (TPSA) is 77.2 Å². The molecule has 0 aliphatic carbocycles. The predicted octanol–water partition coefficient (Wildman–Crippen LogP) is 4.75. The predicted molar refractivity (Wildman–Crippen MR) is 114 cm³/mol. The first-order valence-electron chi connectivity index (χ1n) is 9.31. The lowest BCUT2D eigenvalue weighted by Gasteiger charge is -2.09. The van der Waals surface area contributed by atoms with Crippen molar-refractivity contribution in [2.24, 2.45) is 0 Å². The summed E-state index contributed by atoms with van der Waals surface area (Å²) in [5.74, 6) is 1.17. The minimum Gasteiger partial charge on any atom is -0.484 e. The van der Waals surface area contributed by atoms with Crippen LogP contribution in [-0.2, 0) is 11.3 Å². The lowest BCUT2D eigenvalue weighted by molar-refractivity contribution is -0.123. The zero-order chi connectivity index (χ0) is 20.8. The molecule has 0 spiro atoms. The van der Waals surface area contributed by atoms with Crippen LogP contribution in [0.4, 0.5) is 0 Å². The molecule has 1 amide bonds. The van der Waals surface area contributed by atoms with Gasteiger partial charge in [-0.05, 0) is 29.8 Å². The van der Waals surface area contributed by atoms with Crippen molar-refractivity contribution in [3.63, 3.8) is 0 Å². The first-order valence-corrected chi connectivity index (χ1v) is 9.69. The van der Waals surface area contributed by atoms with Crippen LogP contribution >= 0.6 is 11.6 Å². The zero-order valence-electron chi connectivity index (χ0n) is 15.9. The molecule has 3 aromatic carbocycles. The summed E-state index contributed by atoms with van der Waals surface area (Å²) in [6.07, 6.45) is 0. The van der Waals surface area contributed by atoms with Gasteiger partial charge < -0.3 is 14.6 Å². The molecule has 0 fully saturated rings. The van der Waals surface area contributed by atoms with Crippen LogP contribution in [0.3, 0.4) is 0 Å². The number of carbonyl (C=O) groups is 1. The normalized spacial score (nSPS) is 10.6. The molecular formula is C23H18ClN3O3. The minimum absolute atomic E-state index is 0.118. The second kappa shape index (κ2) is 9.24. The molecule has 0 aliphatic rings. The zero-order valence-corrected chi connectivity index (χ0v) is 16.7. The summed E-state index contributed by atoms with van der Waals surface area (Å²) in [5.41, 5.74) is 2.42. The van der Waals surface area contributed by atoms with Crippen LogP contribution < -0.4 is 10.1 Å². The molecule has 0 aliphatic heterocycles. The van der Waals surface area contributed by atoms with E-state index in [9.17, 15) is 4.79 Å². The van der Waals surface area contributed by atoms with Gasteiger partial charge >= 0.3 is 0 Å². The number of nitrogens with one attached hydrogen (secondary N) is 1. The van der Waals surface area contributed by atoms with E-state index in [4.69, 9.17) is 20.9 Å². The number of ether oxygens (including phenoxy) is 1. The van der Waals surface area contributed by atoms with E-state index in [0.29, 0.717) is 34.6 Å². The number of amides is 1. The van der Waals surface area contributed by atoms with E-state index in [1.165, 1.54) is 0 Å². The number of hydrogen-bond donors (Lipinski definition) is 1. The van der Waals surface area contributed by atoms with Gasteiger partial charge in [0, 0.05) is 22.7 Å². The maximum absolute atomic E-state index is 12.1. The number of hydrogen-bond acceptors (Lipinski definition) is 5. The Balaban J connectivity index is 1.36. The highest BCUT2D eigenvalue weighted by Crippen LogP contribution is 2.25. The summed E-state index contributed by atoms with van der Waals surface area (Å²) in [6, 6.07) is 24.1. The molecule has 0 saturated heterocycles. The Morgan fingerprint density at radius 1 is 0.967 bits per heavy atom. The Bertz CT molecular complexity index is 1150. The first kappa shape index (κ1) is 19.7. The lowest BCUT2D eigenvalue weighted by atomic mass is 10.2. The lowest BCUT2D eigenvalue weighted by Crippen LogP contribution is -2.28. The fourth-order valence-electron chi connectivity index (χ4n) is 2.80. The van der Waals surface area contributed by atoms with Gasteiger partial charge in [0.05, 0.1) is 0 Å². The molecule has 4 rings (SSSR count). The van der Waals surface area contributed by atoms with Crippen LogP contribution in [0.15, 0.2) is 83.4 Å². The largest absolute Gasteiger partial charge is 0.484 e. The molecule has 0 saturated carbocycles. The van der Waals surface area contributed by atoms with Crippen LogP contribution in [-0.4, -0.2) is 22.7 Å². The molecule has 1 heterocycles. The maximum atomic E-state index is 12.1. The van der Waals surface area contributed by atoms with Crippen molar-refractivity contribution in [2.75, 3.05) is 6.61 Å². The van der Waals surface area contributed by atoms with E-state index in [2.05, 4.69) is 15.5 Å². The van der Waals surface area contributed by atoms with Crippen molar-refractivity contribution in [1.29, 1.82) is 0 Å². The SMILES string of the molecule is O=C(COc1cccc(-c2nc(-c3ccccc3)no2)c1)NCc1ccccc1Cl. The van der Waals surface area contributed by atoms with E-state index >= 15 is 0 Å². The van der Waals surface area contributed by atoms with Gasteiger partial charge in [-0.1, -0.05) is 71.4 Å². The Morgan fingerprint density at radius 3 is 2.57 bits per heavy atom. The van der Waals surface area contributed by atoms with Gasteiger partial charge in [-0.3, -0.25) is 4.79 Å². The van der Waals surface area contributed by atoms with E-state index in [0.717, 1.165) is 11.1 Å². The number of benzene rings is 3. The maximum Gasteiger partial charge on any atom is 0.258 e. The average molecular weight is 420 g/mol. The monoisotopic (exact) mass is 419 g/mol. The molecule has 30 heavy (non-hydrogen) atoms. The van der Waals surface area contributed by atoms with Crippen molar-refractivity contribution in [1.82, 2.24) is 15.5 Å². The van der Waals surface area contributed by atoms with Gasteiger partial charge in [0.2, 0.25) is 5.82 Å². The molecular weight excluding hydrogens is 402 g/mol. The molecule has 0 unspecified atom stereocenters. The third-order valence-corrected chi connectivity index (χ3v) is 4.71. The number of aromatic nitrogens is 2. The highest BCUT2D eigenvalue weighted by Gasteiger charge is 2.12. The van der Waals surface area contributed by atoms with E-state index in [1.807, 2.05) is 54.6 Å². The van der Waals surface area contributed by atoms with Gasteiger partial charge in [0.1, 0.15) is 5.75 Å². The first-order chi connectivity index (χ1) is 14.7. The van der Waals surface area contributed by atoms with Crippen molar-refractivity contribution in [3.05, 3.63) is 89.4 Å². The number of rotatable bonds is 7. The summed E-state index contributed by atoms with van der Waals surface area (Å²) in [7, 11) is 0. The molecule has 0 radical (unpaired) electrons. The highest BCUT2D eigenvalue weighted by molar-refractivity contribution is 6.31. The number of halogens is 1. The van der Waals surface area contributed by atoms with Gasteiger partial charge in [0.15, 0.2) is 6.61 Å². The second-order valence-corrected chi connectivity index (χ2v) is 6.88. The quantitative estimate of drug-likeness (QED) is 0.467. The van der Waals surface area contributed by atoms with E-state index in [1.54, 1.807) is 24.3 Å². The number of nitrogens with zero attached hydrogens (tertiary/aromatic N) is 2. The molecule has 150 valence electrons. The van der Waals surface area contributed by atoms with Crippen molar-refractivity contribution in [3.8, 4) is 28.6 Å². The van der Waals surface area contributed by atoms with Crippen LogP contribution in [0, 0.1) is 0 Å². The van der Waals surface area contributed by atoms with Crippen LogP contribution in [0.25, 0.3) is 22.8 Å². The third kappa shape index (κ3) is 4.85. The Morgan fingerprint density at radius 2 is 1.73 bits per heavy atom. The van der Waals surface area contributed by atoms with E-state index < -0.39 is 0 Å². The third-order valence-electron chi connectivity index (χ3n) is 4.34. The van der Waals surface area contributed by atoms with Gasteiger partial charge in [-0.25, -0.2) is 0 Å². The second-order valence-electron chi connectivity index (χ2n) is 6.47. The molecule has 7 heteroatoms. The van der Waals surface area contributed by atoms with Gasteiger partial charge in [0.25, 0.3) is 11.8 Å². The molecule has 4 aromatic rings. The Kier molecular flexibility index (Phi) is 6.06. The highest BCUT2D eigenvalue weighted by atomic mass is 35.5. The number of carbonyl (C=O) groups excluding carboxylic acids is 1. The van der Waals surface area contributed by atoms with Gasteiger partial charge in [-0.2, -0.15) is 4.98 Å². The Hall–Kier alpha value is -3.64. The van der Waals surface area contributed by atoms with Crippen LogP contribution in [0.2, 0.25) is 5.02 Å². The molecule has 6 nitrogen and oxygen atoms in total. The van der Waals surface area contributed by atoms with Crippen LogP contribution in [0.5, 0.6) is 5.75 Å². The summed E-state index contributed by atoms with van der Waals surface area (Å²) in [4.78, 5) is 16.5. The summed E-state index contributed by atoms with van der Waals surface area (Å²) in [5, 5.41) is 7.43. The summed E-state index contributed by atoms with van der Waals surface area (Å²) in [6.45, 7) is 0.221.